The maximum Gasteiger partial charge on any atom is 0.435 e. The molecule has 0 saturated carbocycles. The van der Waals surface area contributed by atoms with Crippen molar-refractivity contribution in [3.8, 4) is 5.69 Å². The molecule has 1 heterocycles. The maximum absolute atomic E-state index is 13.2. The molecule has 3 rings (SSSR count). The van der Waals surface area contributed by atoms with Gasteiger partial charge in [-0.25, -0.2) is 4.68 Å². The number of nitrogens with zero attached hydrogens (tertiary/aromatic N) is 3. The molecule has 6 nitrogen and oxygen atoms in total. The van der Waals surface area contributed by atoms with Crippen molar-refractivity contribution in [3.63, 3.8) is 0 Å². The Labute approximate surface area is 183 Å². The van der Waals surface area contributed by atoms with Crippen LogP contribution in [0.3, 0.4) is 0 Å². The summed E-state index contributed by atoms with van der Waals surface area (Å²) in [5.74, 6) is -1.27. The monoisotopic (exact) mass is 445 g/mol. The summed E-state index contributed by atoms with van der Waals surface area (Å²) in [6, 6.07) is 16.3. The van der Waals surface area contributed by atoms with Gasteiger partial charge in [-0.15, -0.1) is 0 Å². The largest absolute Gasteiger partial charge is 0.469 e. The topological polar surface area (TPSA) is 64.4 Å². The quantitative estimate of drug-likeness (QED) is 0.508. The number of carbonyl (C=O) groups is 2. The summed E-state index contributed by atoms with van der Waals surface area (Å²) in [6.07, 6.45) is -3.32. The molecule has 3 aromatic rings. The molecule has 168 valence electrons. The number of rotatable bonds is 7. The summed E-state index contributed by atoms with van der Waals surface area (Å²) < 4.78 is 44.2. The lowest BCUT2D eigenvalue weighted by Gasteiger charge is -2.25. The Morgan fingerprint density at radius 2 is 1.72 bits per heavy atom. The Morgan fingerprint density at radius 3 is 2.28 bits per heavy atom. The lowest BCUT2D eigenvalue weighted by Crippen LogP contribution is -2.36. The highest BCUT2D eigenvalue weighted by Gasteiger charge is 2.33. The molecule has 32 heavy (non-hydrogen) atoms. The number of hydrogen-bond acceptors (Lipinski definition) is 4. The van der Waals surface area contributed by atoms with E-state index in [1.165, 1.54) is 37.6 Å². The van der Waals surface area contributed by atoms with Crippen LogP contribution in [-0.4, -0.2) is 40.2 Å². The zero-order valence-electron chi connectivity index (χ0n) is 17.5. The molecule has 0 aliphatic carbocycles. The fourth-order valence-corrected chi connectivity index (χ4v) is 3.19. The van der Waals surface area contributed by atoms with Gasteiger partial charge in [-0.3, -0.25) is 9.59 Å². The predicted octanol–water partition coefficient (Wildman–Crippen LogP) is 4.34. The van der Waals surface area contributed by atoms with Gasteiger partial charge in [0, 0.05) is 24.8 Å². The molecule has 0 aliphatic rings. The Balaban J connectivity index is 1.81. The number of amides is 1. The first-order valence-electron chi connectivity index (χ1n) is 9.83. The van der Waals surface area contributed by atoms with E-state index in [0.29, 0.717) is 11.3 Å². The smallest absolute Gasteiger partial charge is 0.435 e. The van der Waals surface area contributed by atoms with Gasteiger partial charge in [0.05, 0.1) is 18.7 Å². The molecule has 0 aliphatic heterocycles. The first kappa shape index (κ1) is 23.1. The van der Waals surface area contributed by atoms with Crippen LogP contribution in [0.1, 0.15) is 28.5 Å². The van der Waals surface area contributed by atoms with Crippen molar-refractivity contribution in [2.75, 3.05) is 13.7 Å². The number of hydrogen-bond donors (Lipinski definition) is 0. The Bertz CT molecular complexity index is 1060. The highest BCUT2D eigenvalue weighted by molar-refractivity contribution is 5.94. The third-order valence-corrected chi connectivity index (χ3v) is 4.86. The van der Waals surface area contributed by atoms with Gasteiger partial charge in [0.1, 0.15) is 0 Å². The molecule has 0 saturated heterocycles. The van der Waals surface area contributed by atoms with Crippen molar-refractivity contribution in [2.24, 2.45) is 5.92 Å². The van der Waals surface area contributed by atoms with E-state index in [2.05, 4.69) is 5.10 Å². The van der Waals surface area contributed by atoms with Crippen molar-refractivity contribution >= 4 is 11.9 Å². The lowest BCUT2D eigenvalue weighted by atomic mass is 10.1. The van der Waals surface area contributed by atoms with E-state index >= 15 is 0 Å². The van der Waals surface area contributed by atoms with Gasteiger partial charge < -0.3 is 9.64 Å². The van der Waals surface area contributed by atoms with Gasteiger partial charge >= 0.3 is 12.1 Å². The van der Waals surface area contributed by atoms with Crippen molar-refractivity contribution in [3.05, 3.63) is 83.7 Å². The highest BCUT2D eigenvalue weighted by atomic mass is 19.4. The summed E-state index contributed by atoms with van der Waals surface area (Å²) in [7, 11) is 1.29. The molecule has 0 fully saturated rings. The minimum atomic E-state index is -4.53. The molecule has 0 spiro atoms. The third kappa shape index (κ3) is 5.54. The normalized spacial score (nSPS) is 12.3. The second-order valence-electron chi connectivity index (χ2n) is 7.29. The third-order valence-electron chi connectivity index (χ3n) is 4.86. The number of esters is 1. The molecule has 0 N–H and O–H groups in total. The van der Waals surface area contributed by atoms with Crippen LogP contribution in [0.25, 0.3) is 5.69 Å². The molecule has 2 aromatic carbocycles. The summed E-state index contributed by atoms with van der Waals surface area (Å²) in [6.45, 7) is 2.11. The molecule has 1 amide bonds. The Morgan fingerprint density at radius 1 is 1.06 bits per heavy atom. The van der Waals surface area contributed by atoms with Crippen molar-refractivity contribution in [1.29, 1.82) is 0 Å². The zero-order valence-corrected chi connectivity index (χ0v) is 17.5. The number of aromatic nitrogens is 2. The van der Waals surface area contributed by atoms with Crippen LogP contribution in [0.5, 0.6) is 0 Å². The van der Waals surface area contributed by atoms with Crippen LogP contribution in [0.4, 0.5) is 13.2 Å². The van der Waals surface area contributed by atoms with Crippen LogP contribution in [0.2, 0.25) is 0 Å². The standard InChI is InChI=1S/C23H22F3N3O3/c1-16(22(31)32-2)14-28(15-17-6-4-3-5-7-17)21(30)18-8-10-19(11-9-18)29-13-12-20(27-29)23(24,25)26/h3-13,16H,14-15H2,1-2H3. The molecule has 1 aromatic heterocycles. The first-order valence-corrected chi connectivity index (χ1v) is 9.83. The molecule has 9 heteroatoms. The molecule has 1 unspecified atom stereocenters. The predicted molar refractivity (Wildman–Crippen MR) is 111 cm³/mol. The lowest BCUT2D eigenvalue weighted by molar-refractivity contribution is -0.145. The Hall–Kier alpha value is -3.62. The first-order chi connectivity index (χ1) is 15.2. The van der Waals surface area contributed by atoms with Gasteiger partial charge in [-0.2, -0.15) is 18.3 Å². The van der Waals surface area contributed by atoms with Crippen molar-refractivity contribution in [1.82, 2.24) is 14.7 Å². The highest BCUT2D eigenvalue weighted by Crippen LogP contribution is 2.28. The van der Waals surface area contributed by atoms with E-state index < -0.39 is 23.8 Å². The van der Waals surface area contributed by atoms with E-state index in [1.807, 2.05) is 30.3 Å². The number of methoxy groups -OCH3 is 1. The number of ether oxygens (including phenoxy) is 1. The molecule has 0 radical (unpaired) electrons. The summed E-state index contributed by atoms with van der Waals surface area (Å²) >= 11 is 0. The number of carbonyl (C=O) groups excluding carboxylic acids is 2. The van der Waals surface area contributed by atoms with Crippen molar-refractivity contribution < 1.29 is 27.5 Å². The van der Waals surface area contributed by atoms with Gasteiger partial charge in [-0.1, -0.05) is 37.3 Å². The van der Waals surface area contributed by atoms with Crippen LogP contribution in [0.15, 0.2) is 66.9 Å². The van der Waals surface area contributed by atoms with E-state index in [1.54, 1.807) is 11.8 Å². The average Bonchev–Trinajstić information content (AvgIpc) is 3.29. The van der Waals surface area contributed by atoms with Crippen LogP contribution >= 0.6 is 0 Å². The fourth-order valence-electron chi connectivity index (χ4n) is 3.19. The summed E-state index contributed by atoms with van der Waals surface area (Å²) in [5, 5.41) is 3.53. The van der Waals surface area contributed by atoms with Gasteiger partial charge in [0.2, 0.25) is 0 Å². The van der Waals surface area contributed by atoms with E-state index in [-0.39, 0.29) is 19.0 Å². The van der Waals surface area contributed by atoms with E-state index in [0.717, 1.165) is 16.3 Å². The second-order valence-corrected chi connectivity index (χ2v) is 7.29. The van der Waals surface area contributed by atoms with Crippen LogP contribution in [0, 0.1) is 5.92 Å². The van der Waals surface area contributed by atoms with Crippen LogP contribution < -0.4 is 0 Å². The summed E-state index contributed by atoms with van der Waals surface area (Å²) in [5.41, 5.74) is 0.619. The van der Waals surface area contributed by atoms with E-state index in [4.69, 9.17) is 4.74 Å². The Kier molecular flexibility index (Phi) is 6.97. The number of alkyl halides is 3. The zero-order chi connectivity index (χ0) is 23.3. The molecule has 1 atom stereocenters. The summed E-state index contributed by atoms with van der Waals surface area (Å²) in [4.78, 5) is 26.6. The van der Waals surface area contributed by atoms with Gasteiger partial charge in [0.25, 0.3) is 5.91 Å². The SMILES string of the molecule is COC(=O)C(C)CN(Cc1ccccc1)C(=O)c1ccc(-n2ccc(C(F)(F)F)n2)cc1. The number of benzene rings is 2. The minimum Gasteiger partial charge on any atom is -0.469 e. The molecule has 0 bridgehead atoms. The van der Waals surface area contributed by atoms with Gasteiger partial charge in [-0.05, 0) is 35.9 Å². The van der Waals surface area contributed by atoms with Crippen molar-refractivity contribution in [2.45, 2.75) is 19.6 Å². The second kappa shape index (κ2) is 9.67. The van der Waals surface area contributed by atoms with Crippen LogP contribution in [-0.2, 0) is 22.3 Å². The van der Waals surface area contributed by atoms with E-state index in [9.17, 15) is 22.8 Å². The fraction of sp³-hybridized carbons (Fsp3) is 0.261. The molecular formula is C23H22F3N3O3. The average molecular weight is 445 g/mol. The van der Waals surface area contributed by atoms with Gasteiger partial charge in [0.15, 0.2) is 5.69 Å². The minimum absolute atomic E-state index is 0.149. The number of halogens is 3. The molecular weight excluding hydrogens is 423 g/mol. The maximum atomic E-state index is 13.2.